The molecular weight excluding hydrogens is 338 g/mol. The molecule has 1 amide bonds. The van der Waals surface area contributed by atoms with Gasteiger partial charge in [0.05, 0.1) is 23.4 Å². The van der Waals surface area contributed by atoms with Crippen molar-refractivity contribution in [1.82, 2.24) is 4.90 Å². The quantitative estimate of drug-likeness (QED) is 0.855. The number of amides is 1. The monoisotopic (exact) mass is 359 g/mol. The lowest BCUT2D eigenvalue weighted by Gasteiger charge is -2.36. The van der Waals surface area contributed by atoms with E-state index in [1.165, 1.54) is 18.4 Å². The van der Waals surface area contributed by atoms with E-state index < -0.39 is 0 Å². The number of hydrogen-bond donors (Lipinski definition) is 1. The summed E-state index contributed by atoms with van der Waals surface area (Å²) in [5.74, 6) is 0.371. The fourth-order valence-corrected chi connectivity index (χ4v) is 3.23. The maximum Gasteiger partial charge on any atom is 0.257 e. The summed E-state index contributed by atoms with van der Waals surface area (Å²) in [5, 5.41) is 0.363. The number of aryl methyl sites for hydroxylation is 1. The molecule has 0 saturated carbocycles. The van der Waals surface area contributed by atoms with Crippen LogP contribution in [0.2, 0.25) is 5.02 Å². The summed E-state index contributed by atoms with van der Waals surface area (Å²) in [5.41, 5.74) is 9.08. The van der Waals surface area contributed by atoms with Crippen LogP contribution in [0.1, 0.15) is 15.9 Å². The third kappa shape index (κ3) is 3.66. The minimum Gasteiger partial charge on any atom is -0.496 e. The van der Waals surface area contributed by atoms with Crippen molar-refractivity contribution >= 4 is 28.9 Å². The summed E-state index contributed by atoms with van der Waals surface area (Å²) in [4.78, 5) is 17.0. The molecule has 0 bridgehead atoms. The Morgan fingerprint density at radius 2 is 1.88 bits per heavy atom. The Morgan fingerprint density at radius 1 is 1.16 bits per heavy atom. The number of carbonyl (C=O) groups excluding carboxylic acids is 1. The van der Waals surface area contributed by atoms with Gasteiger partial charge in [-0.05, 0) is 30.7 Å². The van der Waals surface area contributed by atoms with Gasteiger partial charge in [0.15, 0.2) is 0 Å². The van der Waals surface area contributed by atoms with Crippen LogP contribution in [-0.2, 0) is 0 Å². The molecule has 1 aliphatic rings. The SMILES string of the molecule is COc1cc(N)c(Cl)cc1C(=O)N1CCN(c2cccc(C)c2)CC1. The number of benzene rings is 2. The zero-order chi connectivity index (χ0) is 18.0. The molecule has 0 atom stereocenters. The van der Waals surface area contributed by atoms with E-state index in [1.807, 2.05) is 4.90 Å². The van der Waals surface area contributed by atoms with Crippen LogP contribution in [0.3, 0.4) is 0 Å². The third-order valence-corrected chi connectivity index (χ3v) is 4.81. The van der Waals surface area contributed by atoms with Gasteiger partial charge < -0.3 is 20.3 Å². The molecule has 6 heteroatoms. The zero-order valence-electron chi connectivity index (χ0n) is 14.5. The lowest BCUT2D eigenvalue weighted by atomic mass is 10.1. The van der Waals surface area contributed by atoms with Gasteiger partial charge in [-0.1, -0.05) is 23.7 Å². The first-order valence-electron chi connectivity index (χ1n) is 8.23. The van der Waals surface area contributed by atoms with Crippen molar-refractivity contribution < 1.29 is 9.53 Å². The van der Waals surface area contributed by atoms with Gasteiger partial charge in [-0.2, -0.15) is 0 Å². The van der Waals surface area contributed by atoms with Crippen LogP contribution in [0, 0.1) is 6.92 Å². The molecule has 1 saturated heterocycles. The standard InChI is InChI=1S/C19H22ClN3O2/c1-13-4-3-5-14(10-13)22-6-8-23(9-7-22)19(24)15-11-16(20)17(21)12-18(15)25-2/h3-5,10-12H,6-9,21H2,1-2H3. The number of carbonyl (C=O) groups is 1. The lowest BCUT2D eigenvalue weighted by Crippen LogP contribution is -2.48. The van der Waals surface area contributed by atoms with Crippen LogP contribution in [0.15, 0.2) is 36.4 Å². The zero-order valence-corrected chi connectivity index (χ0v) is 15.2. The normalized spacial score (nSPS) is 14.5. The number of halogens is 1. The van der Waals surface area contributed by atoms with E-state index in [0.29, 0.717) is 35.1 Å². The Balaban J connectivity index is 1.73. The molecule has 1 heterocycles. The Morgan fingerprint density at radius 3 is 2.52 bits per heavy atom. The fourth-order valence-electron chi connectivity index (χ4n) is 3.07. The smallest absolute Gasteiger partial charge is 0.257 e. The summed E-state index contributed by atoms with van der Waals surface area (Å²) in [6.45, 7) is 4.97. The predicted molar refractivity (Wildman–Crippen MR) is 102 cm³/mol. The average molecular weight is 360 g/mol. The molecule has 0 aliphatic carbocycles. The van der Waals surface area contributed by atoms with Gasteiger partial charge >= 0.3 is 0 Å². The van der Waals surface area contributed by atoms with Gasteiger partial charge in [-0.15, -0.1) is 0 Å². The highest BCUT2D eigenvalue weighted by atomic mass is 35.5. The van der Waals surface area contributed by atoms with Gasteiger partial charge in [-0.25, -0.2) is 0 Å². The maximum atomic E-state index is 12.9. The molecule has 0 unspecified atom stereocenters. The average Bonchev–Trinajstić information content (AvgIpc) is 2.63. The Labute approximate surface area is 152 Å². The summed E-state index contributed by atoms with van der Waals surface area (Å²) >= 11 is 6.08. The molecule has 3 rings (SSSR count). The molecule has 2 aromatic rings. The molecule has 2 aromatic carbocycles. The highest BCUT2D eigenvalue weighted by molar-refractivity contribution is 6.33. The molecular formula is C19H22ClN3O2. The number of hydrogen-bond acceptors (Lipinski definition) is 4. The van der Waals surface area contributed by atoms with Gasteiger partial charge in [0.1, 0.15) is 5.75 Å². The van der Waals surface area contributed by atoms with E-state index in [1.54, 1.807) is 12.1 Å². The summed E-state index contributed by atoms with van der Waals surface area (Å²) in [6.07, 6.45) is 0. The second-order valence-corrected chi connectivity index (χ2v) is 6.60. The Kier molecular flexibility index (Phi) is 5.04. The highest BCUT2D eigenvalue weighted by Gasteiger charge is 2.25. The third-order valence-electron chi connectivity index (χ3n) is 4.48. The van der Waals surface area contributed by atoms with E-state index in [-0.39, 0.29) is 5.91 Å². The molecule has 1 aliphatic heterocycles. The Hall–Kier alpha value is -2.40. The van der Waals surface area contributed by atoms with E-state index in [9.17, 15) is 4.79 Å². The molecule has 0 aromatic heterocycles. The van der Waals surface area contributed by atoms with Crippen molar-refractivity contribution in [2.24, 2.45) is 0 Å². The van der Waals surface area contributed by atoms with Crippen molar-refractivity contribution in [2.75, 3.05) is 43.9 Å². The number of nitrogen functional groups attached to an aromatic ring is 1. The van der Waals surface area contributed by atoms with Crippen molar-refractivity contribution in [1.29, 1.82) is 0 Å². The van der Waals surface area contributed by atoms with Crippen molar-refractivity contribution in [3.8, 4) is 5.75 Å². The molecule has 132 valence electrons. The lowest BCUT2D eigenvalue weighted by molar-refractivity contribution is 0.0743. The summed E-state index contributed by atoms with van der Waals surface area (Å²) in [7, 11) is 1.52. The van der Waals surface area contributed by atoms with Crippen LogP contribution in [0.4, 0.5) is 11.4 Å². The first-order valence-corrected chi connectivity index (χ1v) is 8.61. The molecule has 5 nitrogen and oxygen atoms in total. The van der Waals surface area contributed by atoms with Crippen molar-refractivity contribution in [3.63, 3.8) is 0 Å². The van der Waals surface area contributed by atoms with E-state index >= 15 is 0 Å². The number of piperazine rings is 1. The van der Waals surface area contributed by atoms with E-state index in [2.05, 4.69) is 36.1 Å². The fraction of sp³-hybridized carbons (Fsp3) is 0.316. The molecule has 2 N–H and O–H groups in total. The Bertz CT molecular complexity index is 786. The van der Waals surface area contributed by atoms with Crippen molar-refractivity contribution in [3.05, 3.63) is 52.5 Å². The van der Waals surface area contributed by atoms with E-state index in [4.69, 9.17) is 22.1 Å². The summed E-state index contributed by atoms with van der Waals surface area (Å²) in [6, 6.07) is 11.6. The first-order chi connectivity index (χ1) is 12.0. The number of nitrogens with zero attached hydrogens (tertiary/aromatic N) is 2. The topological polar surface area (TPSA) is 58.8 Å². The highest BCUT2D eigenvalue weighted by Crippen LogP contribution is 2.30. The number of nitrogens with two attached hydrogens (primary N) is 1. The van der Waals surface area contributed by atoms with Crippen LogP contribution < -0.4 is 15.4 Å². The second-order valence-electron chi connectivity index (χ2n) is 6.19. The van der Waals surface area contributed by atoms with Gasteiger partial charge in [0, 0.05) is 37.9 Å². The van der Waals surface area contributed by atoms with Crippen LogP contribution in [-0.4, -0.2) is 44.1 Å². The predicted octanol–water partition coefficient (Wildman–Crippen LogP) is 3.20. The number of methoxy groups -OCH3 is 1. The van der Waals surface area contributed by atoms with Crippen LogP contribution in [0.25, 0.3) is 0 Å². The number of ether oxygens (including phenoxy) is 1. The van der Waals surface area contributed by atoms with Crippen molar-refractivity contribution in [2.45, 2.75) is 6.92 Å². The number of anilines is 2. The molecule has 1 fully saturated rings. The largest absolute Gasteiger partial charge is 0.496 e. The van der Waals surface area contributed by atoms with Crippen LogP contribution in [0.5, 0.6) is 5.75 Å². The minimum atomic E-state index is -0.0809. The second kappa shape index (κ2) is 7.23. The van der Waals surface area contributed by atoms with Crippen LogP contribution >= 0.6 is 11.6 Å². The molecule has 0 spiro atoms. The number of rotatable bonds is 3. The molecule has 0 radical (unpaired) electrons. The molecule has 25 heavy (non-hydrogen) atoms. The van der Waals surface area contributed by atoms with Gasteiger partial charge in [0.2, 0.25) is 0 Å². The van der Waals surface area contributed by atoms with Gasteiger partial charge in [0.25, 0.3) is 5.91 Å². The minimum absolute atomic E-state index is 0.0809. The van der Waals surface area contributed by atoms with Gasteiger partial charge in [-0.3, -0.25) is 4.79 Å². The maximum absolute atomic E-state index is 12.9. The summed E-state index contributed by atoms with van der Waals surface area (Å²) < 4.78 is 5.30. The van der Waals surface area contributed by atoms with E-state index in [0.717, 1.165) is 13.1 Å². The first kappa shape index (κ1) is 17.4.